The third-order valence-corrected chi connectivity index (χ3v) is 15.3. The summed E-state index contributed by atoms with van der Waals surface area (Å²) in [5.41, 5.74) is -0.410. The minimum Gasteiger partial charge on any atom is -0.507 e. The molecule has 0 saturated carbocycles. The summed E-state index contributed by atoms with van der Waals surface area (Å²) in [5.74, 6) is -2.06. The van der Waals surface area contributed by atoms with E-state index in [9.17, 15) is 50.4 Å². The number of ether oxygens (including phenoxy) is 7. The van der Waals surface area contributed by atoms with Gasteiger partial charge >= 0.3 is 11.9 Å². The third-order valence-electron chi connectivity index (χ3n) is 15.3. The molecule has 2 fully saturated rings. The van der Waals surface area contributed by atoms with Crippen LogP contribution in [0.2, 0.25) is 0 Å². The predicted molar refractivity (Wildman–Crippen MR) is 301 cm³/mol. The maximum atomic E-state index is 13.0. The molecule has 0 unspecified atom stereocenters. The summed E-state index contributed by atoms with van der Waals surface area (Å²) in [6, 6.07) is 8.30. The Morgan fingerprint density at radius 3 is 0.949 bits per heavy atom. The van der Waals surface area contributed by atoms with E-state index in [1.165, 1.54) is 203 Å². The lowest BCUT2D eigenvalue weighted by Crippen LogP contribution is -2.64. The molecule has 2 aromatic rings. The lowest BCUT2D eigenvalue weighted by Gasteiger charge is -2.44. The molecule has 2 saturated heterocycles. The van der Waals surface area contributed by atoms with Gasteiger partial charge in [0.25, 0.3) is 0 Å². The molecule has 0 bridgehead atoms. The van der Waals surface area contributed by atoms with Gasteiger partial charge in [-0.05, 0) is 37.1 Å². The Labute approximate surface area is 471 Å². The van der Waals surface area contributed by atoms with Crippen molar-refractivity contribution in [1.29, 1.82) is 0 Å². The molecule has 0 aromatic heterocycles. The first-order chi connectivity index (χ1) is 38.4. The Hall–Kier alpha value is -3.78. The second-order valence-corrected chi connectivity index (χ2v) is 22.0. The van der Waals surface area contributed by atoms with Gasteiger partial charge in [0.2, 0.25) is 0 Å². The van der Waals surface area contributed by atoms with Crippen LogP contribution in [0.4, 0.5) is 0 Å². The monoisotopic (exact) mass is 1120 g/mol. The molecule has 17 nitrogen and oxygen atoms in total. The summed E-state index contributed by atoms with van der Waals surface area (Å²) in [6.45, 7) is 4.03. The Kier molecular flexibility index (Phi) is 34.6. The van der Waals surface area contributed by atoms with Gasteiger partial charge in [0, 0.05) is 12.1 Å². The highest BCUT2D eigenvalue weighted by Gasteiger charge is 2.50. The number of aliphatic hydroxyl groups is 6. The number of benzene rings is 2. The van der Waals surface area contributed by atoms with Crippen molar-refractivity contribution in [3.05, 3.63) is 47.5 Å². The van der Waals surface area contributed by atoms with Crippen molar-refractivity contribution in [3.8, 4) is 23.0 Å². The second-order valence-electron chi connectivity index (χ2n) is 22.0. The molecule has 2 heterocycles. The summed E-state index contributed by atoms with van der Waals surface area (Å²) in [4.78, 5) is 26.1. The number of phenolic OH excluding ortho intramolecular Hbond substituents is 2. The Balaban J connectivity index is 1.11. The number of carbonyl (C=O) groups is 2. The van der Waals surface area contributed by atoms with Crippen molar-refractivity contribution in [2.24, 2.45) is 0 Å². The van der Waals surface area contributed by atoms with E-state index in [0.29, 0.717) is 24.7 Å². The molecule has 0 spiro atoms. The van der Waals surface area contributed by atoms with E-state index in [4.69, 9.17) is 33.2 Å². The minimum absolute atomic E-state index is 0.205. The van der Waals surface area contributed by atoms with Crippen LogP contribution in [0, 0.1) is 0 Å². The van der Waals surface area contributed by atoms with Crippen LogP contribution in [0.15, 0.2) is 36.4 Å². The number of esters is 2. The van der Waals surface area contributed by atoms with E-state index >= 15 is 0 Å². The van der Waals surface area contributed by atoms with Gasteiger partial charge in [0.15, 0.2) is 12.6 Å². The van der Waals surface area contributed by atoms with Crippen LogP contribution in [0.3, 0.4) is 0 Å². The second kappa shape index (κ2) is 40.4. The van der Waals surface area contributed by atoms with E-state index in [0.717, 1.165) is 38.5 Å². The zero-order valence-corrected chi connectivity index (χ0v) is 47.9. The first-order valence-electron chi connectivity index (χ1n) is 30.7. The number of phenols is 2. The molecular formula is C62H102O17. The van der Waals surface area contributed by atoms with E-state index in [1.54, 1.807) is 0 Å². The van der Waals surface area contributed by atoms with Crippen molar-refractivity contribution in [2.45, 2.75) is 281 Å². The van der Waals surface area contributed by atoms with Gasteiger partial charge in [-0.2, -0.15) is 0 Å². The van der Waals surface area contributed by atoms with E-state index in [1.807, 2.05) is 0 Å². The van der Waals surface area contributed by atoms with Crippen molar-refractivity contribution in [3.63, 3.8) is 0 Å². The molecule has 452 valence electrons. The zero-order valence-electron chi connectivity index (χ0n) is 47.9. The molecule has 0 radical (unpaired) electrons. The van der Waals surface area contributed by atoms with Gasteiger partial charge < -0.3 is 74.0 Å². The highest BCUT2D eigenvalue weighted by Crippen LogP contribution is 2.31. The summed E-state index contributed by atoms with van der Waals surface area (Å²) < 4.78 is 39.1. The first-order valence-corrected chi connectivity index (χ1v) is 30.7. The largest absolute Gasteiger partial charge is 0.507 e. The van der Waals surface area contributed by atoms with Crippen molar-refractivity contribution in [2.75, 3.05) is 26.4 Å². The summed E-state index contributed by atoms with van der Waals surface area (Å²) in [5, 5.41) is 85.7. The fourth-order valence-corrected chi connectivity index (χ4v) is 10.2. The molecule has 2 aliphatic heterocycles. The lowest BCUT2D eigenvalue weighted by atomic mass is 9.98. The van der Waals surface area contributed by atoms with Crippen LogP contribution in [0.25, 0.3) is 0 Å². The number of hydrogen-bond donors (Lipinski definition) is 8. The van der Waals surface area contributed by atoms with Crippen LogP contribution < -0.4 is 9.47 Å². The number of unbranched alkanes of at least 4 members (excludes halogenated alkanes) is 30. The van der Waals surface area contributed by atoms with Gasteiger partial charge in [-0.15, -0.1) is 0 Å². The van der Waals surface area contributed by atoms with Gasteiger partial charge in [-0.3, -0.25) is 0 Å². The molecule has 2 aromatic carbocycles. The van der Waals surface area contributed by atoms with Gasteiger partial charge in [0.05, 0.1) is 13.2 Å². The average molecular weight is 1120 g/mol. The summed E-state index contributed by atoms with van der Waals surface area (Å²) in [6.07, 6.45) is 22.4. The van der Waals surface area contributed by atoms with E-state index in [-0.39, 0.29) is 11.1 Å². The highest BCUT2D eigenvalue weighted by atomic mass is 16.8. The molecule has 17 heteroatoms. The highest BCUT2D eigenvalue weighted by molar-refractivity contribution is 5.93. The Morgan fingerprint density at radius 2 is 0.671 bits per heavy atom. The number of carbonyl (C=O) groups excluding carboxylic acids is 2. The number of rotatable bonds is 44. The lowest BCUT2D eigenvalue weighted by molar-refractivity contribution is -0.376. The maximum Gasteiger partial charge on any atom is 0.342 e. The molecule has 0 amide bonds. The van der Waals surface area contributed by atoms with Crippen LogP contribution in [0.1, 0.15) is 240 Å². The van der Waals surface area contributed by atoms with E-state index < -0.39 is 98.1 Å². The number of hydrogen-bond acceptors (Lipinski definition) is 17. The van der Waals surface area contributed by atoms with Crippen LogP contribution >= 0.6 is 0 Å². The molecule has 8 N–H and O–H groups in total. The molecule has 79 heavy (non-hydrogen) atoms. The molecular weight excluding hydrogens is 1020 g/mol. The predicted octanol–water partition coefficient (Wildman–Crippen LogP) is 11.0. The smallest absolute Gasteiger partial charge is 0.342 e. The fourth-order valence-electron chi connectivity index (χ4n) is 10.2. The summed E-state index contributed by atoms with van der Waals surface area (Å²) in [7, 11) is 0. The molecule has 10 atom stereocenters. The SMILES string of the molecule is CCCCCCCCCCCCCCCCCCOc1ccc(C(=O)OC[C@H]2O[C@H](O[C@H]3O[C@H](COC(=O)c4ccc(OCCCCCCCCCCCCCCCCCC)cc4O)[C@@H](O)[C@H](O)[C@H]3O)[C@H](O)[C@@H](O)[C@@H]2O)c(O)c1. The van der Waals surface area contributed by atoms with Gasteiger partial charge in [0.1, 0.15) is 96.2 Å². The standard InChI is InChI=1S/C62H102O17/c1-3-5-7-9-11-13-15-17-19-21-23-25-27-29-31-33-39-73-45-35-37-47(49(63)41-45)59(71)75-43-51-53(65)55(67)57(69)61(77-51)79-62-58(70)56(68)54(66)52(78-62)44-76-60(72)48-38-36-46(42-50(48)64)74-40-34-32-30-28-26-24-22-20-18-16-14-12-10-8-6-4-2/h35-38,41-42,51-58,61-70H,3-34,39-40,43-44H2,1-2H3/t51-,52-,53-,54-,55+,56+,57-,58-,61-,62-/m1/s1. The van der Waals surface area contributed by atoms with Gasteiger partial charge in [-0.1, -0.05) is 206 Å². The molecule has 2 aliphatic rings. The zero-order chi connectivity index (χ0) is 57.0. The van der Waals surface area contributed by atoms with Gasteiger partial charge in [-0.25, -0.2) is 9.59 Å². The minimum atomic E-state index is -1.95. The van der Waals surface area contributed by atoms with Crippen molar-refractivity contribution >= 4 is 11.9 Å². The number of aliphatic hydroxyl groups excluding tert-OH is 6. The molecule has 4 rings (SSSR count). The maximum absolute atomic E-state index is 13.0. The topological polar surface area (TPSA) is 261 Å². The third kappa shape index (κ3) is 25.9. The Bertz CT molecular complexity index is 1780. The normalized spacial score (nSPS) is 23.1. The van der Waals surface area contributed by atoms with Crippen molar-refractivity contribution < 1.29 is 83.6 Å². The molecule has 0 aliphatic carbocycles. The van der Waals surface area contributed by atoms with E-state index in [2.05, 4.69) is 13.8 Å². The summed E-state index contributed by atoms with van der Waals surface area (Å²) >= 11 is 0. The number of aromatic hydroxyl groups is 2. The Morgan fingerprint density at radius 1 is 0.392 bits per heavy atom. The van der Waals surface area contributed by atoms with Crippen LogP contribution in [0.5, 0.6) is 23.0 Å². The average Bonchev–Trinajstić information content (AvgIpc) is 3.48. The van der Waals surface area contributed by atoms with Crippen molar-refractivity contribution in [1.82, 2.24) is 0 Å². The first kappa shape index (κ1) is 67.7. The van der Waals surface area contributed by atoms with Crippen LogP contribution in [-0.2, 0) is 23.7 Å². The van der Waals surface area contributed by atoms with Crippen LogP contribution in [-0.4, -0.2) is 141 Å². The quantitative estimate of drug-likeness (QED) is 0.0227. The fraction of sp³-hybridized carbons (Fsp3) is 0.774.